The first-order chi connectivity index (χ1) is 9.02. The fourth-order valence-electron chi connectivity index (χ4n) is 1.39. The molecule has 0 aliphatic carbocycles. The summed E-state index contributed by atoms with van der Waals surface area (Å²) >= 11 is 0. The van der Waals surface area contributed by atoms with Gasteiger partial charge in [-0.05, 0) is 19.1 Å². The van der Waals surface area contributed by atoms with E-state index < -0.39 is 0 Å². The topological polar surface area (TPSA) is 79.8 Å². The Balaban J connectivity index is 2.60. The van der Waals surface area contributed by atoms with E-state index in [-0.39, 0.29) is 18.2 Å². The van der Waals surface area contributed by atoms with Crippen LogP contribution in [0.1, 0.15) is 20.3 Å². The summed E-state index contributed by atoms with van der Waals surface area (Å²) in [6, 6.07) is 7.12. The Bertz CT molecular complexity index is 498. The Labute approximate surface area is 111 Å². The molecule has 6 nitrogen and oxygen atoms in total. The van der Waals surface area contributed by atoms with Gasteiger partial charge in [0.25, 0.3) is 0 Å². The highest BCUT2D eigenvalue weighted by Crippen LogP contribution is 2.22. The van der Waals surface area contributed by atoms with E-state index in [2.05, 4.69) is 15.8 Å². The minimum Gasteiger partial charge on any atom is -0.495 e. The standard InChI is InChI=1S/C13H17N3O3/c1-9(15-16-10(2)17)8-13(18)14-11-6-4-5-7-12(11)19-3/h4-7H,8H2,1-3H3,(H,14,18)(H,16,17)/b15-9+. The molecular formula is C13H17N3O3. The lowest BCUT2D eigenvalue weighted by Crippen LogP contribution is -2.19. The molecular weight excluding hydrogens is 246 g/mol. The van der Waals surface area contributed by atoms with E-state index in [0.29, 0.717) is 17.1 Å². The zero-order chi connectivity index (χ0) is 14.3. The molecule has 0 radical (unpaired) electrons. The van der Waals surface area contributed by atoms with Crippen molar-refractivity contribution in [2.75, 3.05) is 12.4 Å². The van der Waals surface area contributed by atoms with Gasteiger partial charge in [0.1, 0.15) is 5.75 Å². The predicted octanol–water partition coefficient (Wildman–Crippen LogP) is 1.54. The normalized spacial score (nSPS) is 10.8. The second-order valence-corrected chi connectivity index (χ2v) is 3.94. The molecule has 0 aliphatic rings. The quantitative estimate of drug-likeness (QED) is 0.624. The highest BCUT2D eigenvalue weighted by molar-refractivity contribution is 6.06. The summed E-state index contributed by atoms with van der Waals surface area (Å²) in [7, 11) is 1.54. The molecule has 102 valence electrons. The molecule has 1 rings (SSSR count). The van der Waals surface area contributed by atoms with Gasteiger partial charge in [-0.15, -0.1) is 0 Å². The number of hydrazone groups is 1. The minimum atomic E-state index is -0.274. The Morgan fingerprint density at radius 3 is 2.58 bits per heavy atom. The van der Waals surface area contributed by atoms with Crippen LogP contribution in [-0.2, 0) is 9.59 Å². The van der Waals surface area contributed by atoms with Crippen molar-refractivity contribution in [1.29, 1.82) is 0 Å². The Morgan fingerprint density at radius 2 is 1.95 bits per heavy atom. The number of benzene rings is 1. The second kappa shape index (κ2) is 7.15. The molecule has 6 heteroatoms. The van der Waals surface area contributed by atoms with Crippen molar-refractivity contribution in [3.63, 3.8) is 0 Å². The van der Waals surface area contributed by atoms with Gasteiger partial charge in [0.2, 0.25) is 11.8 Å². The van der Waals surface area contributed by atoms with Crippen LogP contribution in [0.15, 0.2) is 29.4 Å². The highest BCUT2D eigenvalue weighted by Gasteiger charge is 2.08. The third kappa shape index (κ3) is 5.20. The molecule has 0 unspecified atom stereocenters. The molecule has 0 bridgehead atoms. The van der Waals surface area contributed by atoms with E-state index in [4.69, 9.17) is 4.74 Å². The Morgan fingerprint density at radius 1 is 1.26 bits per heavy atom. The van der Waals surface area contributed by atoms with Crippen LogP contribution in [-0.4, -0.2) is 24.6 Å². The Hall–Kier alpha value is -2.37. The lowest BCUT2D eigenvalue weighted by molar-refractivity contribution is -0.119. The van der Waals surface area contributed by atoms with Gasteiger partial charge >= 0.3 is 0 Å². The summed E-state index contributed by atoms with van der Waals surface area (Å²) in [5, 5.41) is 6.50. The summed E-state index contributed by atoms with van der Waals surface area (Å²) < 4.78 is 5.13. The number of hydrogen-bond acceptors (Lipinski definition) is 4. The van der Waals surface area contributed by atoms with Gasteiger partial charge in [0, 0.05) is 12.6 Å². The van der Waals surface area contributed by atoms with E-state index >= 15 is 0 Å². The first kappa shape index (κ1) is 14.7. The van der Waals surface area contributed by atoms with Crippen LogP contribution in [0.5, 0.6) is 5.75 Å². The molecule has 0 atom stereocenters. The maximum absolute atomic E-state index is 11.8. The van der Waals surface area contributed by atoms with Crippen molar-refractivity contribution in [2.24, 2.45) is 5.10 Å². The third-order valence-corrected chi connectivity index (χ3v) is 2.20. The molecule has 0 aromatic heterocycles. The third-order valence-electron chi connectivity index (χ3n) is 2.20. The average molecular weight is 263 g/mol. The molecule has 0 heterocycles. The molecule has 2 N–H and O–H groups in total. The lowest BCUT2D eigenvalue weighted by atomic mass is 10.2. The van der Waals surface area contributed by atoms with Gasteiger partial charge < -0.3 is 10.1 Å². The molecule has 1 aromatic carbocycles. The van der Waals surface area contributed by atoms with Crippen LogP contribution in [0, 0.1) is 0 Å². The van der Waals surface area contributed by atoms with Gasteiger partial charge in [0.15, 0.2) is 0 Å². The number of para-hydroxylation sites is 2. The summed E-state index contributed by atoms with van der Waals surface area (Å²) in [5.41, 5.74) is 3.40. The number of ether oxygens (including phenoxy) is 1. The van der Waals surface area contributed by atoms with Crippen molar-refractivity contribution in [1.82, 2.24) is 5.43 Å². The maximum atomic E-state index is 11.8. The number of anilines is 1. The Kier molecular flexibility index (Phi) is 5.53. The second-order valence-electron chi connectivity index (χ2n) is 3.94. The first-order valence-electron chi connectivity index (χ1n) is 5.75. The van der Waals surface area contributed by atoms with Crippen molar-refractivity contribution in [3.05, 3.63) is 24.3 Å². The monoisotopic (exact) mass is 263 g/mol. The molecule has 0 spiro atoms. The summed E-state index contributed by atoms with van der Waals surface area (Å²) in [4.78, 5) is 22.4. The molecule has 0 aliphatic heterocycles. The molecule has 1 aromatic rings. The van der Waals surface area contributed by atoms with Crippen LogP contribution >= 0.6 is 0 Å². The fraction of sp³-hybridized carbons (Fsp3) is 0.308. The molecule has 0 saturated carbocycles. The fourth-order valence-corrected chi connectivity index (χ4v) is 1.39. The molecule has 0 saturated heterocycles. The van der Waals surface area contributed by atoms with Crippen LogP contribution in [0.4, 0.5) is 5.69 Å². The number of rotatable bonds is 5. The number of nitrogens with zero attached hydrogens (tertiary/aromatic N) is 1. The van der Waals surface area contributed by atoms with Crippen LogP contribution in [0.25, 0.3) is 0 Å². The number of carbonyl (C=O) groups excluding carboxylic acids is 2. The molecule has 2 amide bonds. The average Bonchev–Trinajstić information content (AvgIpc) is 2.37. The summed E-state index contributed by atoms with van der Waals surface area (Å²) in [5.74, 6) is 0.0906. The van der Waals surface area contributed by atoms with Crippen LogP contribution in [0.2, 0.25) is 0 Å². The van der Waals surface area contributed by atoms with E-state index in [1.807, 2.05) is 6.07 Å². The minimum absolute atomic E-state index is 0.0956. The van der Waals surface area contributed by atoms with E-state index in [9.17, 15) is 9.59 Å². The zero-order valence-corrected chi connectivity index (χ0v) is 11.2. The molecule has 19 heavy (non-hydrogen) atoms. The van der Waals surface area contributed by atoms with Crippen molar-refractivity contribution < 1.29 is 14.3 Å². The first-order valence-corrected chi connectivity index (χ1v) is 5.75. The number of methoxy groups -OCH3 is 1. The zero-order valence-electron chi connectivity index (χ0n) is 11.2. The smallest absolute Gasteiger partial charge is 0.236 e. The summed E-state index contributed by atoms with van der Waals surface area (Å²) in [6.45, 7) is 3.02. The lowest BCUT2D eigenvalue weighted by Gasteiger charge is -2.09. The number of hydrogen-bond donors (Lipinski definition) is 2. The van der Waals surface area contributed by atoms with E-state index in [1.54, 1.807) is 25.1 Å². The largest absolute Gasteiger partial charge is 0.495 e. The van der Waals surface area contributed by atoms with Gasteiger partial charge in [-0.1, -0.05) is 12.1 Å². The number of amides is 2. The SMILES string of the molecule is COc1ccccc1NC(=O)C/C(C)=N/NC(C)=O. The van der Waals surface area contributed by atoms with Gasteiger partial charge in [-0.2, -0.15) is 5.10 Å². The van der Waals surface area contributed by atoms with Gasteiger partial charge in [-0.3, -0.25) is 9.59 Å². The van der Waals surface area contributed by atoms with Crippen LogP contribution < -0.4 is 15.5 Å². The van der Waals surface area contributed by atoms with Crippen molar-refractivity contribution in [3.8, 4) is 5.75 Å². The number of nitrogens with one attached hydrogen (secondary N) is 2. The summed E-state index contributed by atoms with van der Waals surface area (Å²) in [6.07, 6.45) is 0.0956. The maximum Gasteiger partial charge on any atom is 0.236 e. The highest BCUT2D eigenvalue weighted by atomic mass is 16.5. The van der Waals surface area contributed by atoms with Gasteiger partial charge in [-0.25, -0.2) is 5.43 Å². The van der Waals surface area contributed by atoms with E-state index in [0.717, 1.165) is 0 Å². The molecule has 0 fully saturated rings. The van der Waals surface area contributed by atoms with Crippen molar-refractivity contribution in [2.45, 2.75) is 20.3 Å². The van der Waals surface area contributed by atoms with Crippen molar-refractivity contribution >= 4 is 23.2 Å². The number of carbonyl (C=O) groups is 2. The van der Waals surface area contributed by atoms with Crippen LogP contribution in [0.3, 0.4) is 0 Å². The van der Waals surface area contributed by atoms with Gasteiger partial charge in [0.05, 0.1) is 19.2 Å². The van der Waals surface area contributed by atoms with E-state index in [1.165, 1.54) is 14.0 Å². The predicted molar refractivity (Wildman–Crippen MR) is 73.2 cm³/mol.